The van der Waals surface area contributed by atoms with Crippen LogP contribution in [0.5, 0.6) is 11.5 Å². The van der Waals surface area contributed by atoms with E-state index in [0.29, 0.717) is 23.3 Å². The highest BCUT2D eigenvalue weighted by molar-refractivity contribution is 7.92. The Kier molecular flexibility index (Phi) is 5.91. The molecule has 0 spiro atoms. The molecule has 160 valence electrons. The summed E-state index contributed by atoms with van der Waals surface area (Å²) in [6, 6.07) is 22.2. The van der Waals surface area contributed by atoms with Gasteiger partial charge in [0.2, 0.25) is 6.79 Å². The fourth-order valence-corrected chi connectivity index (χ4v) is 5.33. The van der Waals surface area contributed by atoms with Crippen molar-refractivity contribution in [3.05, 3.63) is 72.8 Å². The van der Waals surface area contributed by atoms with Crippen LogP contribution in [0, 0.1) is 0 Å². The van der Waals surface area contributed by atoms with E-state index in [0.717, 1.165) is 22.1 Å². The van der Waals surface area contributed by atoms with E-state index in [1.807, 2.05) is 54.6 Å². The van der Waals surface area contributed by atoms with Gasteiger partial charge in [-0.3, -0.25) is 4.21 Å². The summed E-state index contributed by atoms with van der Waals surface area (Å²) < 4.78 is 43.6. The molecule has 3 aromatic carbocycles. The van der Waals surface area contributed by atoms with Gasteiger partial charge in [0.15, 0.2) is 21.3 Å². The molecule has 0 aliphatic carbocycles. The first-order chi connectivity index (χ1) is 14.5. The van der Waals surface area contributed by atoms with E-state index in [1.165, 1.54) is 0 Å². The molecule has 7 nitrogen and oxygen atoms in total. The van der Waals surface area contributed by atoms with Crippen molar-refractivity contribution in [2.45, 2.75) is 9.79 Å². The highest BCUT2D eigenvalue weighted by Gasteiger charge is 2.24. The van der Waals surface area contributed by atoms with Crippen LogP contribution in [-0.2, 0) is 20.6 Å². The second-order valence-corrected chi connectivity index (χ2v) is 9.83. The predicted molar refractivity (Wildman–Crippen MR) is 120 cm³/mol. The fraction of sp³-hybridized carbons (Fsp3) is 0.143. The number of ether oxygens (including phenoxy) is 2. The zero-order valence-corrected chi connectivity index (χ0v) is 17.5. The maximum atomic E-state index is 11.2. The van der Waals surface area contributed by atoms with E-state index in [4.69, 9.17) is 9.47 Å². The SMILES string of the molecule is O=S1(=O)CNc2ccccc21.O=S1CNc2ccccc21.[HH].[HH].c1ccc2c(c1)OCO2. The van der Waals surface area contributed by atoms with Crippen LogP contribution >= 0.6 is 0 Å². The summed E-state index contributed by atoms with van der Waals surface area (Å²) in [6.45, 7) is 0.360. The van der Waals surface area contributed by atoms with Crippen LogP contribution in [0.1, 0.15) is 2.85 Å². The van der Waals surface area contributed by atoms with E-state index < -0.39 is 20.6 Å². The molecule has 3 heterocycles. The number of benzene rings is 3. The van der Waals surface area contributed by atoms with E-state index in [2.05, 4.69) is 10.6 Å². The van der Waals surface area contributed by atoms with Crippen molar-refractivity contribution in [3.63, 3.8) is 0 Å². The summed E-state index contributed by atoms with van der Waals surface area (Å²) in [5.74, 6) is 2.29. The molecule has 1 unspecified atom stereocenters. The van der Waals surface area contributed by atoms with E-state index in [1.54, 1.807) is 18.2 Å². The molecular formula is C21H24N2O5S2. The molecule has 0 fully saturated rings. The van der Waals surface area contributed by atoms with Crippen LogP contribution in [0.4, 0.5) is 11.4 Å². The lowest BCUT2D eigenvalue weighted by atomic mass is 10.3. The molecule has 2 N–H and O–H groups in total. The summed E-state index contributed by atoms with van der Waals surface area (Å²) in [7, 11) is -3.83. The molecule has 3 aliphatic heterocycles. The highest BCUT2D eigenvalue weighted by atomic mass is 32.2. The van der Waals surface area contributed by atoms with Crippen molar-refractivity contribution >= 4 is 32.0 Å². The number of rotatable bonds is 0. The first-order valence-corrected chi connectivity index (χ1v) is 12.1. The molecule has 3 aliphatic rings. The van der Waals surface area contributed by atoms with E-state index in [9.17, 15) is 12.6 Å². The normalized spacial score (nSPS) is 18.3. The lowest BCUT2D eigenvalue weighted by Gasteiger charge is -1.92. The third-order valence-electron chi connectivity index (χ3n) is 4.48. The van der Waals surface area contributed by atoms with Crippen molar-refractivity contribution in [1.29, 1.82) is 0 Å². The van der Waals surface area contributed by atoms with Gasteiger partial charge in [-0.25, -0.2) is 8.42 Å². The van der Waals surface area contributed by atoms with Gasteiger partial charge in [-0.2, -0.15) is 0 Å². The van der Waals surface area contributed by atoms with Gasteiger partial charge in [0.25, 0.3) is 0 Å². The lowest BCUT2D eigenvalue weighted by molar-refractivity contribution is 0.174. The van der Waals surface area contributed by atoms with Crippen molar-refractivity contribution in [2.24, 2.45) is 0 Å². The summed E-state index contributed by atoms with van der Waals surface area (Å²) in [5, 5.41) is 5.85. The van der Waals surface area contributed by atoms with Crippen LogP contribution < -0.4 is 20.1 Å². The summed E-state index contributed by atoms with van der Waals surface area (Å²) >= 11 is 0. The molecule has 0 saturated carbocycles. The topological polar surface area (TPSA) is 93.7 Å². The third kappa shape index (κ3) is 4.42. The van der Waals surface area contributed by atoms with Gasteiger partial charge >= 0.3 is 0 Å². The zero-order valence-electron chi connectivity index (χ0n) is 15.9. The second-order valence-electron chi connectivity index (χ2n) is 6.45. The average Bonchev–Trinajstić information content (AvgIpc) is 3.48. The third-order valence-corrected chi connectivity index (χ3v) is 7.28. The number of fused-ring (bicyclic) bond motifs is 3. The minimum absolute atomic E-state index is 0. The van der Waals surface area contributed by atoms with Crippen LogP contribution in [0.25, 0.3) is 0 Å². The van der Waals surface area contributed by atoms with Gasteiger partial charge in [-0.1, -0.05) is 36.4 Å². The number of hydrogen-bond donors (Lipinski definition) is 2. The van der Waals surface area contributed by atoms with Gasteiger partial charge < -0.3 is 20.1 Å². The average molecular weight is 449 g/mol. The largest absolute Gasteiger partial charge is 0.454 e. The first-order valence-electron chi connectivity index (χ1n) is 9.16. The van der Waals surface area contributed by atoms with Crippen LogP contribution in [-0.4, -0.2) is 31.2 Å². The van der Waals surface area contributed by atoms with Gasteiger partial charge in [-0.15, -0.1) is 0 Å². The number of para-hydroxylation sites is 4. The maximum absolute atomic E-state index is 11.2. The summed E-state index contributed by atoms with van der Waals surface area (Å²) in [4.78, 5) is 1.35. The quantitative estimate of drug-likeness (QED) is 0.538. The van der Waals surface area contributed by atoms with Crippen molar-refractivity contribution in [1.82, 2.24) is 0 Å². The smallest absolute Gasteiger partial charge is 0.231 e. The van der Waals surface area contributed by atoms with Crippen LogP contribution in [0.3, 0.4) is 0 Å². The number of nitrogens with one attached hydrogen (secondary N) is 2. The van der Waals surface area contributed by atoms with Crippen LogP contribution in [0.2, 0.25) is 0 Å². The molecule has 9 heteroatoms. The molecule has 0 bridgehead atoms. The molecule has 0 amide bonds. The Bertz CT molecular complexity index is 1170. The Morgan fingerprint density at radius 2 is 1.40 bits per heavy atom. The number of anilines is 2. The Hall–Kier alpha value is -3.04. The van der Waals surface area contributed by atoms with Gasteiger partial charge in [-0.05, 0) is 36.4 Å². The summed E-state index contributed by atoms with van der Waals surface area (Å²) in [6.07, 6.45) is 0. The fourth-order valence-electron chi connectivity index (χ4n) is 3.01. The van der Waals surface area contributed by atoms with Crippen molar-refractivity contribution in [2.75, 3.05) is 29.2 Å². The molecule has 1 atom stereocenters. The Labute approximate surface area is 180 Å². The number of hydrogen-bond acceptors (Lipinski definition) is 7. The molecular weight excluding hydrogens is 424 g/mol. The molecule has 0 saturated heterocycles. The van der Waals surface area contributed by atoms with E-state index in [-0.39, 0.29) is 8.73 Å². The Morgan fingerprint density at radius 1 is 0.800 bits per heavy atom. The van der Waals surface area contributed by atoms with Crippen molar-refractivity contribution < 1.29 is 25.0 Å². The Morgan fingerprint density at radius 3 is 2.07 bits per heavy atom. The Balaban J connectivity index is 0.000000166. The minimum atomic E-state index is -3.02. The van der Waals surface area contributed by atoms with Gasteiger partial charge in [0, 0.05) is 2.85 Å². The van der Waals surface area contributed by atoms with Crippen molar-refractivity contribution in [3.8, 4) is 11.5 Å². The highest BCUT2D eigenvalue weighted by Crippen LogP contribution is 2.30. The number of sulfone groups is 1. The van der Waals surface area contributed by atoms with Gasteiger partial charge in [0.1, 0.15) is 5.88 Å². The van der Waals surface area contributed by atoms with E-state index >= 15 is 0 Å². The zero-order chi connectivity index (χ0) is 21.0. The molecule has 0 aromatic heterocycles. The molecule has 30 heavy (non-hydrogen) atoms. The maximum Gasteiger partial charge on any atom is 0.231 e. The van der Waals surface area contributed by atoms with Crippen LogP contribution in [0.15, 0.2) is 82.6 Å². The predicted octanol–water partition coefficient (Wildman–Crippen LogP) is 3.93. The summed E-state index contributed by atoms with van der Waals surface area (Å²) in [5.41, 5.74) is 1.73. The standard InChI is InChI=1S/C7H7NO2S.C7H7NOS.C7H6O2.2H2/c9-11(10)5-8-6-3-1-2-4-7(6)11;9-10-5-8-6-3-1-2-4-7(6)10;1-2-4-7-6(3-1)8-5-9-7;;/h1-4,8H,5H2;1-4,8H,5H2;1-4H,5H2;2*1H. The molecule has 6 rings (SSSR count). The van der Waals surface area contributed by atoms with Gasteiger partial charge in [0.05, 0.1) is 37.8 Å². The lowest BCUT2D eigenvalue weighted by Crippen LogP contribution is -2.02. The second kappa shape index (κ2) is 8.76. The first kappa shape index (κ1) is 20.2. The minimum Gasteiger partial charge on any atom is -0.454 e. The molecule has 0 radical (unpaired) electrons. The molecule has 3 aromatic rings. The monoisotopic (exact) mass is 448 g/mol.